The van der Waals surface area contributed by atoms with E-state index in [0.29, 0.717) is 28.0 Å². The van der Waals surface area contributed by atoms with Crippen molar-refractivity contribution in [2.45, 2.75) is 18.5 Å². The summed E-state index contributed by atoms with van der Waals surface area (Å²) in [4.78, 5) is 15.0. The van der Waals surface area contributed by atoms with Gasteiger partial charge in [0.05, 0.1) is 6.04 Å². The van der Waals surface area contributed by atoms with Crippen LogP contribution in [0, 0.1) is 0 Å². The highest BCUT2D eigenvalue weighted by Gasteiger charge is 2.34. The van der Waals surface area contributed by atoms with Crippen LogP contribution in [0.3, 0.4) is 0 Å². The van der Waals surface area contributed by atoms with Crippen molar-refractivity contribution >= 4 is 27.4 Å². The first-order chi connectivity index (χ1) is 14.3. The normalized spacial score (nSPS) is 20.2. The molecule has 5 rings (SSSR count). The molecule has 156 valence electrons. The molecule has 2 aliphatic heterocycles. The van der Waals surface area contributed by atoms with Crippen molar-refractivity contribution in [3.63, 3.8) is 0 Å². The summed E-state index contributed by atoms with van der Waals surface area (Å²) < 4.78 is 49.7. The van der Waals surface area contributed by atoms with Crippen molar-refractivity contribution in [3.05, 3.63) is 53.2 Å². The Morgan fingerprint density at radius 1 is 1.17 bits per heavy atom. The Morgan fingerprint density at radius 3 is 2.73 bits per heavy atom. The fraction of sp³-hybridized carbons (Fsp3) is 0.211. The molecule has 9 nitrogen and oxygen atoms in total. The Bertz CT molecular complexity index is 1290. The van der Waals surface area contributed by atoms with E-state index in [0.717, 1.165) is 11.3 Å². The second-order valence-electron chi connectivity index (χ2n) is 7.01. The molecular weight excluding hydrogens is 419 g/mol. The SMILES string of the molecule is O=C(O)C1Cc2c([nH]c3ccc(OS(=O)(=O)F)cc23)C(c2ccc3c(c2)OCO3)N1. The number of carboxylic acid groups (broad SMARTS) is 1. The summed E-state index contributed by atoms with van der Waals surface area (Å²) in [6.45, 7) is 0.118. The summed E-state index contributed by atoms with van der Waals surface area (Å²) in [5, 5.41) is 13.3. The second kappa shape index (κ2) is 6.61. The van der Waals surface area contributed by atoms with Crippen LogP contribution >= 0.6 is 0 Å². The van der Waals surface area contributed by atoms with E-state index in [2.05, 4.69) is 14.5 Å². The molecule has 2 unspecified atom stereocenters. The first kappa shape index (κ1) is 18.7. The molecule has 3 N–H and O–H groups in total. The minimum Gasteiger partial charge on any atom is -0.480 e. The highest BCUT2D eigenvalue weighted by Crippen LogP contribution is 2.40. The number of ether oxygens (including phenoxy) is 2. The number of aliphatic carboxylic acids is 1. The molecular formula is C19H15FN2O7S. The van der Waals surface area contributed by atoms with Crippen LogP contribution in [0.1, 0.15) is 22.9 Å². The average Bonchev–Trinajstić information content (AvgIpc) is 3.29. The number of benzene rings is 2. The molecule has 0 spiro atoms. The number of carboxylic acids is 1. The molecule has 0 amide bonds. The zero-order chi connectivity index (χ0) is 21.0. The topological polar surface area (TPSA) is 127 Å². The molecule has 3 heterocycles. The summed E-state index contributed by atoms with van der Waals surface area (Å²) in [6.07, 6.45) is 0.150. The van der Waals surface area contributed by atoms with Crippen molar-refractivity contribution in [2.24, 2.45) is 0 Å². The molecule has 11 heteroatoms. The average molecular weight is 434 g/mol. The van der Waals surface area contributed by atoms with Gasteiger partial charge in [0.1, 0.15) is 11.8 Å². The monoisotopic (exact) mass is 434 g/mol. The second-order valence-corrected chi connectivity index (χ2v) is 7.96. The zero-order valence-electron chi connectivity index (χ0n) is 15.2. The van der Waals surface area contributed by atoms with Gasteiger partial charge in [-0.2, -0.15) is 8.42 Å². The maximum Gasteiger partial charge on any atom is 0.488 e. The van der Waals surface area contributed by atoms with E-state index in [1.807, 2.05) is 6.07 Å². The van der Waals surface area contributed by atoms with Gasteiger partial charge >= 0.3 is 16.5 Å². The van der Waals surface area contributed by atoms with Gasteiger partial charge in [0.15, 0.2) is 11.5 Å². The molecule has 3 aromatic rings. The van der Waals surface area contributed by atoms with Gasteiger partial charge in [-0.05, 0) is 41.5 Å². The van der Waals surface area contributed by atoms with Gasteiger partial charge in [-0.15, -0.1) is 0 Å². The number of aromatic amines is 1. The minimum absolute atomic E-state index is 0.118. The first-order valence-electron chi connectivity index (χ1n) is 8.95. The molecule has 0 saturated carbocycles. The van der Waals surface area contributed by atoms with Crippen molar-refractivity contribution < 1.29 is 35.9 Å². The van der Waals surface area contributed by atoms with Crippen LogP contribution in [0.25, 0.3) is 10.9 Å². The fourth-order valence-corrected chi connectivity index (χ4v) is 4.28. The number of hydrogen-bond donors (Lipinski definition) is 3. The third kappa shape index (κ3) is 3.21. The number of H-pyrrole nitrogens is 1. The van der Waals surface area contributed by atoms with Crippen LogP contribution in [0.2, 0.25) is 0 Å². The third-order valence-corrected chi connectivity index (χ3v) is 5.59. The third-order valence-electron chi connectivity index (χ3n) is 5.20. The first-order valence-corrected chi connectivity index (χ1v) is 10.3. The predicted octanol–water partition coefficient (Wildman–Crippen LogP) is 2.18. The molecule has 0 fully saturated rings. The van der Waals surface area contributed by atoms with E-state index in [1.165, 1.54) is 12.1 Å². The van der Waals surface area contributed by atoms with E-state index >= 15 is 0 Å². The maximum atomic E-state index is 12.9. The number of halogens is 1. The Balaban J connectivity index is 1.64. The lowest BCUT2D eigenvalue weighted by Crippen LogP contribution is -2.44. The van der Waals surface area contributed by atoms with Crippen LogP contribution in [-0.2, 0) is 21.7 Å². The minimum atomic E-state index is -5.18. The number of rotatable bonds is 4. The van der Waals surface area contributed by atoms with Crippen LogP contribution < -0.4 is 19.0 Å². The highest BCUT2D eigenvalue weighted by molar-refractivity contribution is 7.81. The van der Waals surface area contributed by atoms with Crippen molar-refractivity contribution in [2.75, 3.05) is 6.79 Å². The summed E-state index contributed by atoms with van der Waals surface area (Å²) >= 11 is 0. The number of nitrogens with one attached hydrogen (secondary N) is 2. The molecule has 0 saturated heterocycles. The lowest BCUT2D eigenvalue weighted by Gasteiger charge is -2.29. The number of fused-ring (bicyclic) bond motifs is 4. The van der Waals surface area contributed by atoms with Gasteiger partial charge in [0.25, 0.3) is 0 Å². The zero-order valence-corrected chi connectivity index (χ0v) is 16.0. The molecule has 1 aromatic heterocycles. The van der Waals surface area contributed by atoms with Gasteiger partial charge in [-0.3, -0.25) is 10.1 Å². The van der Waals surface area contributed by atoms with Gasteiger partial charge in [-0.1, -0.05) is 9.95 Å². The maximum absolute atomic E-state index is 12.9. The number of aromatic nitrogens is 1. The lowest BCUT2D eigenvalue weighted by molar-refractivity contribution is -0.139. The van der Waals surface area contributed by atoms with Crippen molar-refractivity contribution in [3.8, 4) is 17.2 Å². The molecule has 0 bridgehead atoms. The Hall–Kier alpha value is -3.31. The molecule has 2 aliphatic rings. The predicted molar refractivity (Wildman–Crippen MR) is 102 cm³/mol. The van der Waals surface area contributed by atoms with Gasteiger partial charge < -0.3 is 23.7 Å². The van der Waals surface area contributed by atoms with E-state index in [-0.39, 0.29) is 19.0 Å². The quantitative estimate of drug-likeness (QED) is 0.534. The summed E-state index contributed by atoms with van der Waals surface area (Å²) in [6, 6.07) is 8.22. The fourth-order valence-electron chi connectivity index (χ4n) is 3.94. The van der Waals surface area contributed by atoms with Crippen LogP contribution in [0.15, 0.2) is 36.4 Å². The standard InChI is InChI=1S/C19H15FN2O7S/c20-30(25,26)29-10-2-3-13-11(6-10)12-7-14(19(23)24)22-17(18(12)21-13)9-1-4-15-16(5-9)28-8-27-15/h1-6,14,17,21-22H,7-8H2,(H,23,24). The van der Waals surface area contributed by atoms with Crippen molar-refractivity contribution in [1.82, 2.24) is 10.3 Å². The van der Waals surface area contributed by atoms with E-state index < -0.39 is 28.6 Å². The molecule has 0 aliphatic carbocycles. The van der Waals surface area contributed by atoms with Crippen molar-refractivity contribution in [1.29, 1.82) is 0 Å². The van der Waals surface area contributed by atoms with Crippen LogP contribution in [0.5, 0.6) is 17.2 Å². The number of carbonyl (C=O) groups is 1. The van der Waals surface area contributed by atoms with E-state index in [9.17, 15) is 22.2 Å². The van der Waals surface area contributed by atoms with Gasteiger partial charge in [0, 0.05) is 23.0 Å². The Kier molecular flexibility index (Phi) is 4.12. The molecule has 0 radical (unpaired) electrons. The summed E-state index contributed by atoms with van der Waals surface area (Å²) in [7, 11) is -5.18. The van der Waals surface area contributed by atoms with Gasteiger partial charge in [-0.25, -0.2) is 0 Å². The smallest absolute Gasteiger partial charge is 0.480 e. The lowest BCUT2D eigenvalue weighted by atomic mass is 9.90. The van der Waals surface area contributed by atoms with Gasteiger partial charge in [0.2, 0.25) is 6.79 Å². The van der Waals surface area contributed by atoms with E-state index in [1.54, 1.807) is 18.2 Å². The number of hydrogen-bond acceptors (Lipinski definition) is 7. The largest absolute Gasteiger partial charge is 0.488 e. The highest BCUT2D eigenvalue weighted by atomic mass is 32.3. The summed E-state index contributed by atoms with van der Waals surface area (Å²) in [5.41, 5.74) is 2.81. The van der Waals surface area contributed by atoms with E-state index in [4.69, 9.17) is 9.47 Å². The summed E-state index contributed by atoms with van der Waals surface area (Å²) in [5.74, 6) is -0.0556. The van der Waals surface area contributed by atoms with Crippen LogP contribution in [-0.4, -0.2) is 37.3 Å². The van der Waals surface area contributed by atoms with Crippen LogP contribution in [0.4, 0.5) is 3.89 Å². The molecule has 2 atom stereocenters. The Morgan fingerprint density at radius 2 is 1.97 bits per heavy atom. The Labute approximate surface area is 169 Å². The molecule has 30 heavy (non-hydrogen) atoms. The molecule has 2 aromatic carbocycles.